The largest absolute Gasteiger partial charge is 0.459 e. The van der Waals surface area contributed by atoms with Crippen LogP contribution in [0.3, 0.4) is 0 Å². The molecule has 138 valence electrons. The Morgan fingerprint density at radius 2 is 1.70 bits per heavy atom. The molecule has 2 amide bonds. The van der Waals surface area contributed by atoms with Crippen molar-refractivity contribution in [2.75, 3.05) is 10.6 Å². The minimum absolute atomic E-state index is 0.0735. The van der Waals surface area contributed by atoms with E-state index in [4.69, 9.17) is 4.42 Å². The smallest absolute Gasteiger partial charge is 0.291 e. The van der Waals surface area contributed by atoms with Gasteiger partial charge in [0.15, 0.2) is 5.76 Å². The summed E-state index contributed by atoms with van der Waals surface area (Å²) >= 11 is 1.43. The minimum Gasteiger partial charge on any atom is -0.459 e. The van der Waals surface area contributed by atoms with Crippen molar-refractivity contribution < 1.29 is 14.0 Å². The van der Waals surface area contributed by atoms with Gasteiger partial charge in [-0.15, -0.1) is 11.8 Å². The van der Waals surface area contributed by atoms with Crippen LogP contribution in [-0.2, 0) is 4.79 Å². The van der Waals surface area contributed by atoms with Gasteiger partial charge in [0, 0.05) is 16.3 Å². The van der Waals surface area contributed by atoms with E-state index in [9.17, 15) is 9.59 Å². The molecule has 3 rings (SSSR count). The molecule has 0 saturated heterocycles. The summed E-state index contributed by atoms with van der Waals surface area (Å²) in [6.45, 7) is 3.83. The first-order chi connectivity index (χ1) is 13.0. The van der Waals surface area contributed by atoms with Gasteiger partial charge in [-0.25, -0.2) is 0 Å². The molecular formula is C21H20N2O3S. The number of nitrogens with one attached hydrogen (secondary N) is 2. The quantitative estimate of drug-likeness (QED) is 0.593. The van der Waals surface area contributed by atoms with Crippen molar-refractivity contribution in [1.29, 1.82) is 0 Å². The summed E-state index contributed by atoms with van der Waals surface area (Å²) in [5.41, 5.74) is 2.52. The highest BCUT2D eigenvalue weighted by Gasteiger charge is 2.15. The average molecular weight is 380 g/mol. The molecule has 0 aliphatic rings. The second-order valence-corrected chi connectivity index (χ2v) is 7.49. The summed E-state index contributed by atoms with van der Waals surface area (Å²) in [6.07, 6.45) is 1.45. The zero-order valence-electron chi connectivity index (χ0n) is 15.1. The van der Waals surface area contributed by atoms with Crippen LogP contribution in [-0.4, -0.2) is 17.1 Å². The van der Waals surface area contributed by atoms with Crippen molar-refractivity contribution in [3.63, 3.8) is 0 Å². The van der Waals surface area contributed by atoms with E-state index in [1.54, 1.807) is 18.2 Å². The molecule has 2 aromatic carbocycles. The molecule has 0 aliphatic heterocycles. The van der Waals surface area contributed by atoms with Gasteiger partial charge in [0.1, 0.15) is 0 Å². The number of rotatable bonds is 6. The molecule has 0 fully saturated rings. The van der Waals surface area contributed by atoms with E-state index >= 15 is 0 Å². The van der Waals surface area contributed by atoms with E-state index < -0.39 is 0 Å². The van der Waals surface area contributed by atoms with Crippen LogP contribution in [0.4, 0.5) is 11.4 Å². The highest BCUT2D eigenvalue weighted by molar-refractivity contribution is 8.00. The number of aryl methyl sites for hydroxylation is 1. The van der Waals surface area contributed by atoms with Crippen LogP contribution in [0.5, 0.6) is 0 Å². The number of amides is 2. The predicted octanol–water partition coefficient (Wildman–Crippen LogP) is 4.96. The van der Waals surface area contributed by atoms with E-state index in [1.807, 2.05) is 56.3 Å². The molecule has 0 aliphatic carbocycles. The molecule has 2 N–H and O–H groups in total. The number of benzene rings is 2. The van der Waals surface area contributed by atoms with E-state index in [0.717, 1.165) is 16.1 Å². The zero-order chi connectivity index (χ0) is 19.2. The first-order valence-corrected chi connectivity index (χ1v) is 9.38. The van der Waals surface area contributed by atoms with Gasteiger partial charge in [0.25, 0.3) is 5.91 Å². The maximum absolute atomic E-state index is 12.4. The van der Waals surface area contributed by atoms with E-state index in [2.05, 4.69) is 10.6 Å². The fourth-order valence-electron chi connectivity index (χ4n) is 2.47. The molecule has 1 aromatic heterocycles. The summed E-state index contributed by atoms with van der Waals surface area (Å²) in [4.78, 5) is 25.4. The summed E-state index contributed by atoms with van der Waals surface area (Å²) in [5.74, 6) is -0.137. The van der Waals surface area contributed by atoms with Gasteiger partial charge in [-0.2, -0.15) is 0 Å². The lowest BCUT2D eigenvalue weighted by Crippen LogP contribution is -2.22. The van der Waals surface area contributed by atoms with Gasteiger partial charge in [0.2, 0.25) is 5.91 Å². The highest BCUT2D eigenvalue weighted by atomic mass is 32.2. The zero-order valence-corrected chi connectivity index (χ0v) is 15.9. The monoisotopic (exact) mass is 380 g/mol. The van der Waals surface area contributed by atoms with Gasteiger partial charge in [-0.05, 0) is 61.9 Å². The second kappa shape index (κ2) is 8.60. The van der Waals surface area contributed by atoms with Crippen molar-refractivity contribution >= 4 is 35.0 Å². The third kappa shape index (κ3) is 5.24. The lowest BCUT2D eigenvalue weighted by atomic mass is 10.2. The molecule has 1 heterocycles. The van der Waals surface area contributed by atoms with Crippen molar-refractivity contribution in [1.82, 2.24) is 0 Å². The third-order valence-electron chi connectivity index (χ3n) is 3.80. The third-order valence-corrected chi connectivity index (χ3v) is 4.90. The summed E-state index contributed by atoms with van der Waals surface area (Å²) in [5, 5.41) is 5.42. The van der Waals surface area contributed by atoms with Crippen LogP contribution in [0.1, 0.15) is 23.0 Å². The standard InChI is InChI=1S/C21H20N2O3S/c1-14-6-3-7-16(12-14)22-20(24)15(2)27-18-9-4-8-17(13-18)23-21(25)19-10-5-11-26-19/h3-13,15H,1-2H3,(H,22,24)(H,23,25). The van der Waals surface area contributed by atoms with Gasteiger partial charge < -0.3 is 15.1 Å². The fourth-order valence-corrected chi connectivity index (χ4v) is 3.40. The van der Waals surface area contributed by atoms with Crippen LogP contribution in [0.25, 0.3) is 0 Å². The van der Waals surface area contributed by atoms with Crippen molar-refractivity contribution in [2.24, 2.45) is 0 Å². The molecule has 3 aromatic rings. The van der Waals surface area contributed by atoms with Crippen LogP contribution in [0.2, 0.25) is 0 Å². The predicted molar refractivity (Wildman–Crippen MR) is 108 cm³/mol. The topological polar surface area (TPSA) is 71.3 Å². The maximum atomic E-state index is 12.4. The highest BCUT2D eigenvalue weighted by Crippen LogP contribution is 2.27. The maximum Gasteiger partial charge on any atom is 0.291 e. The van der Waals surface area contributed by atoms with E-state index in [0.29, 0.717) is 5.69 Å². The Labute approximate surface area is 162 Å². The van der Waals surface area contributed by atoms with Crippen LogP contribution in [0.15, 0.2) is 76.2 Å². The second-order valence-electron chi connectivity index (χ2n) is 6.08. The number of carbonyl (C=O) groups is 2. The Bertz CT molecular complexity index is 938. The molecule has 6 heteroatoms. The first-order valence-electron chi connectivity index (χ1n) is 8.50. The molecule has 1 atom stereocenters. The Hall–Kier alpha value is -2.99. The first kappa shape index (κ1) is 18.8. The molecule has 5 nitrogen and oxygen atoms in total. The van der Waals surface area contributed by atoms with Gasteiger partial charge in [0.05, 0.1) is 11.5 Å². The molecular weight excluding hydrogens is 360 g/mol. The number of hydrogen-bond acceptors (Lipinski definition) is 4. The fraction of sp³-hybridized carbons (Fsp3) is 0.143. The van der Waals surface area contributed by atoms with E-state index in [1.165, 1.54) is 18.0 Å². The lowest BCUT2D eigenvalue weighted by molar-refractivity contribution is -0.115. The molecule has 27 heavy (non-hydrogen) atoms. The lowest BCUT2D eigenvalue weighted by Gasteiger charge is -2.13. The molecule has 1 unspecified atom stereocenters. The summed E-state index contributed by atoms with van der Waals surface area (Å²) < 4.78 is 5.09. The summed E-state index contributed by atoms with van der Waals surface area (Å²) in [6, 6.07) is 18.3. The molecule has 0 spiro atoms. The Morgan fingerprint density at radius 1 is 0.963 bits per heavy atom. The van der Waals surface area contributed by atoms with Crippen molar-refractivity contribution in [3.05, 3.63) is 78.3 Å². The minimum atomic E-state index is -0.313. The average Bonchev–Trinajstić information content (AvgIpc) is 3.17. The Morgan fingerprint density at radius 3 is 2.41 bits per heavy atom. The number of carbonyl (C=O) groups excluding carboxylic acids is 2. The SMILES string of the molecule is Cc1cccc(NC(=O)C(C)Sc2cccc(NC(=O)c3ccco3)c2)c1. The van der Waals surface area contributed by atoms with Gasteiger partial charge >= 0.3 is 0 Å². The molecule has 0 saturated carbocycles. The molecule has 0 bridgehead atoms. The normalized spacial score (nSPS) is 11.6. The Kier molecular flexibility index (Phi) is 5.98. The van der Waals surface area contributed by atoms with Crippen molar-refractivity contribution in [2.45, 2.75) is 24.0 Å². The number of hydrogen-bond donors (Lipinski definition) is 2. The number of furan rings is 1. The summed E-state index contributed by atoms with van der Waals surface area (Å²) in [7, 11) is 0. The number of thioether (sulfide) groups is 1. The van der Waals surface area contributed by atoms with Crippen LogP contribution >= 0.6 is 11.8 Å². The Balaban J connectivity index is 1.61. The van der Waals surface area contributed by atoms with E-state index in [-0.39, 0.29) is 22.8 Å². The van der Waals surface area contributed by atoms with Crippen molar-refractivity contribution in [3.8, 4) is 0 Å². The van der Waals surface area contributed by atoms with Crippen LogP contribution < -0.4 is 10.6 Å². The van der Waals surface area contributed by atoms with Gasteiger partial charge in [-0.3, -0.25) is 9.59 Å². The van der Waals surface area contributed by atoms with Gasteiger partial charge in [-0.1, -0.05) is 18.2 Å². The number of anilines is 2. The molecule has 0 radical (unpaired) electrons. The van der Waals surface area contributed by atoms with Crippen LogP contribution in [0, 0.1) is 6.92 Å².